The van der Waals surface area contributed by atoms with Gasteiger partial charge in [0, 0.05) is 10.6 Å². The topological polar surface area (TPSA) is 78.8 Å². The fourth-order valence-corrected chi connectivity index (χ4v) is 4.62. The molecule has 0 aliphatic rings. The number of nitrogens with zero attached hydrogens (tertiary/aromatic N) is 2. The van der Waals surface area contributed by atoms with Crippen LogP contribution in [0.5, 0.6) is 0 Å². The maximum absolute atomic E-state index is 14.5. The highest BCUT2D eigenvalue weighted by Gasteiger charge is 2.29. The second-order valence-electron chi connectivity index (χ2n) is 6.74. The molecule has 3 aromatic carbocycles. The molecule has 1 amide bonds. The molecule has 0 radical (unpaired) electrons. The molecular formula is C22H18Cl2FN3O3S. The molecule has 0 saturated heterocycles. The minimum atomic E-state index is -4.23. The van der Waals surface area contributed by atoms with Gasteiger partial charge >= 0.3 is 0 Å². The molecule has 3 rings (SSSR count). The number of rotatable bonds is 7. The molecule has 0 atom stereocenters. The summed E-state index contributed by atoms with van der Waals surface area (Å²) in [6.45, 7) is 1.12. The zero-order chi connectivity index (χ0) is 23.3. The van der Waals surface area contributed by atoms with E-state index < -0.39 is 28.3 Å². The Labute approximate surface area is 195 Å². The van der Waals surface area contributed by atoms with E-state index in [9.17, 15) is 17.6 Å². The van der Waals surface area contributed by atoms with Crippen LogP contribution in [0.4, 0.5) is 10.1 Å². The van der Waals surface area contributed by atoms with E-state index in [1.807, 2.05) is 6.92 Å². The molecule has 0 aromatic heterocycles. The van der Waals surface area contributed by atoms with E-state index in [1.165, 1.54) is 42.6 Å². The standard InChI is InChI=1S/C22H18Cl2FN3O3S/c1-15-6-10-18(11-7-15)32(30,31)28(21-5-3-2-4-20(21)25)14-22(29)27-26-13-16-8-9-17(23)12-19(16)24/h2-13H,14H2,1H3,(H,27,29)/b26-13-. The number of carbonyl (C=O) groups is 1. The molecule has 3 aromatic rings. The van der Waals surface area contributed by atoms with Crippen molar-refractivity contribution in [2.24, 2.45) is 5.10 Å². The van der Waals surface area contributed by atoms with Gasteiger partial charge in [-0.3, -0.25) is 9.10 Å². The SMILES string of the molecule is Cc1ccc(S(=O)(=O)N(CC(=O)N/N=C\c2ccc(Cl)cc2Cl)c2ccccc2F)cc1. The van der Waals surface area contributed by atoms with Gasteiger partial charge in [0.1, 0.15) is 12.4 Å². The molecule has 0 heterocycles. The number of hydrazone groups is 1. The van der Waals surface area contributed by atoms with Gasteiger partial charge in [0.15, 0.2) is 0 Å². The number of carbonyl (C=O) groups excluding carboxylic acids is 1. The lowest BCUT2D eigenvalue weighted by atomic mass is 10.2. The summed E-state index contributed by atoms with van der Waals surface area (Å²) < 4.78 is 41.6. The molecule has 10 heteroatoms. The van der Waals surface area contributed by atoms with Crippen molar-refractivity contribution in [2.45, 2.75) is 11.8 Å². The fraction of sp³-hybridized carbons (Fsp3) is 0.0909. The Morgan fingerprint density at radius 2 is 1.78 bits per heavy atom. The summed E-state index contributed by atoms with van der Waals surface area (Å²) in [4.78, 5) is 12.4. The minimum Gasteiger partial charge on any atom is -0.271 e. The highest BCUT2D eigenvalue weighted by molar-refractivity contribution is 7.92. The van der Waals surface area contributed by atoms with Crippen LogP contribution in [0.15, 0.2) is 76.7 Å². The monoisotopic (exact) mass is 493 g/mol. The fourth-order valence-electron chi connectivity index (χ4n) is 2.74. The Bertz CT molecular complexity index is 1270. The first-order valence-electron chi connectivity index (χ1n) is 9.29. The molecule has 0 aliphatic carbocycles. The lowest BCUT2D eigenvalue weighted by molar-refractivity contribution is -0.119. The Balaban J connectivity index is 1.86. The number of nitrogens with one attached hydrogen (secondary N) is 1. The van der Waals surface area contributed by atoms with E-state index in [0.29, 0.717) is 19.9 Å². The van der Waals surface area contributed by atoms with Gasteiger partial charge in [-0.05, 0) is 43.3 Å². The molecule has 166 valence electrons. The lowest BCUT2D eigenvalue weighted by Crippen LogP contribution is -2.40. The van der Waals surface area contributed by atoms with Gasteiger partial charge in [-0.15, -0.1) is 0 Å². The van der Waals surface area contributed by atoms with Gasteiger partial charge in [0.2, 0.25) is 0 Å². The number of amides is 1. The van der Waals surface area contributed by atoms with Gasteiger partial charge in [-0.1, -0.05) is 59.1 Å². The van der Waals surface area contributed by atoms with Gasteiger partial charge in [0.25, 0.3) is 15.9 Å². The van der Waals surface area contributed by atoms with Crippen molar-refractivity contribution in [3.05, 3.63) is 93.7 Å². The van der Waals surface area contributed by atoms with Crippen LogP contribution < -0.4 is 9.73 Å². The van der Waals surface area contributed by atoms with Crippen LogP contribution in [0.2, 0.25) is 10.0 Å². The molecule has 0 unspecified atom stereocenters. The lowest BCUT2D eigenvalue weighted by Gasteiger charge is -2.24. The zero-order valence-electron chi connectivity index (χ0n) is 16.8. The smallest absolute Gasteiger partial charge is 0.264 e. The third-order valence-electron chi connectivity index (χ3n) is 4.37. The van der Waals surface area contributed by atoms with Crippen LogP contribution in [0, 0.1) is 12.7 Å². The maximum Gasteiger partial charge on any atom is 0.264 e. The van der Waals surface area contributed by atoms with Crippen molar-refractivity contribution in [2.75, 3.05) is 10.8 Å². The van der Waals surface area contributed by atoms with Crippen molar-refractivity contribution < 1.29 is 17.6 Å². The van der Waals surface area contributed by atoms with E-state index >= 15 is 0 Å². The average Bonchev–Trinajstić information content (AvgIpc) is 2.74. The molecule has 0 fully saturated rings. The number of benzene rings is 3. The van der Waals surface area contributed by atoms with Gasteiger partial charge < -0.3 is 0 Å². The summed E-state index contributed by atoms with van der Waals surface area (Å²) >= 11 is 11.9. The molecule has 0 bridgehead atoms. The number of halogens is 3. The van der Waals surface area contributed by atoms with Crippen LogP contribution >= 0.6 is 23.2 Å². The third kappa shape index (κ3) is 5.64. The van der Waals surface area contributed by atoms with Crippen LogP contribution in [0.3, 0.4) is 0 Å². The number of sulfonamides is 1. The Hall–Kier alpha value is -2.94. The summed E-state index contributed by atoms with van der Waals surface area (Å²) in [5.41, 5.74) is 3.33. The molecule has 6 nitrogen and oxygen atoms in total. The molecule has 1 N–H and O–H groups in total. The van der Waals surface area contributed by atoms with E-state index in [-0.39, 0.29) is 10.6 Å². The van der Waals surface area contributed by atoms with E-state index in [4.69, 9.17) is 23.2 Å². The van der Waals surface area contributed by atoms with E-state index in [0.717, 1.165) is 11.6 Å². The summed E-state index contributed by atoms with van der Waals surface area (Å²) in [6, 6.07) is 16.1. The summed E-state index contributed by atoms with van der Waals surface area (Å²) in [5.74, 6) is -1.56. The summed E-state index contributed by atoms with van der Waals surface area (Å²) in [7, 11) is -4.23. The first-order valence-corrected chi connectivity index (χ1v) is 11.5. The Kier molecular flexibility index (Phi) is 7.50. The van der Waals surface area contributed by atoms with Gasteiger partial charge in [0.05, 0.1) is 21.8 Å². The minimum absolute atomic E-state index is 0.0735. The second-order valence-corrected chi connectivity index (χ2v) is 9.44. The van der Waals surface area contributed by atoms with Crippen molar-refractivity contribution in [1.29, 1.82) is 0 Å². The maximum atomic E-state index is 14.5. The first-order chi connectivity index (χ1) is 15.2. The predicted molar refractivity (Wildman–Crippen MR) is 124 cm³/mol. The van der Waals surface area contributed by atoms with Crippen molar-refractivity contribution in [3.63, 3.8) is 0 Å². The zero-order valence-corrected chi connectivity index (χ0v) is 19.1. The Morgan fingerprint density at radius 1 is 1.09 bits per heavy atom. The van der Waals surface area contributed by atoms with Crippen LogP contribution in [0.1, 0.15) is 11.1 Å². The number of hydrogen-bond acceptors (Lipinski definition) is 4. The van der Waals surface area contributed by atoms with Gasteiger partial charge in [-0.25, -0.2) is 18.2 Å². The predicted octanol–water partition coefficient (Wildman–Crippen LogP) is 4.79. The highest BCUT2D eigenvalue weighted by Crippen LogP contribution is 2.26. The van der Waals surface area contributed by atoms with Crippen molar-refractivity contribution >= 4 is 51.0 Å². The molecule has 0 spiro atoms. The van der Waals surface area contributed by atoms with Gasteiger partial charge in [-0.2, -0.15) is 5.10 Å². The summed E-state index contributed by atoms with van der Waals surface area (Å²) in [5, 5.41) is 4.57. The van der Waals surface area contributed by atoms with E-state index in [2.05, 4.69) is 10.5 Å². The molecule has 0 aliphatic heterocycles. The normalized spacial score (nSPS) is 11.5. The Morgan fingerprint density at radius 3 is 2.44 bits per heavy atom. The molecular weight excluding hydrogens is 476 g/mol. The number of hydrogen-bond donors (Lipinski definition) is 1. The summed E-state index contributed by atoms with van der Waals surface area (Å²) in [6.07, 6.45) is 1.29. The largest absolute Gasteiger partial charge is 0.271 e. The number of aryl methyl sites for hydroxylation is 1. The second kappa shape index (κ2) is 10.1. The van der Waals surface area contributed by atoms with Crippen molar-refractivity contribution in [1.82, 2.24) is 5.43 Å². The molecule has 0 saturated carbocycles. The van der Waals surface area contributed by atoms with Crippen LogP contribution in [0.25, 0.3) is 0 Å². The first kappa shape index (κ1) is 23.7. The van der Waals surface area contributed by atoms with E-state index in [1.54, 1.807) is 24.3 Å². The average molecular weight is 494 g/mol. The molecule has 32 heavy (non-hydrogen) atoms. The quantitative estimate of drug-likeness (QED) is 0.379. The number of anilines is 1. The number of para-hydroxylation sites is 1. The van der Waals surface area contributed by atoms with Crippen LogP contribution in [-0.4, -0.2) is 27.1 Å². The van der Waals surface area contributed by atoms with Crippen molar-refractivity contribution in [3.8, 4) is 0 Å². The third-order valence-corrected chi connectivity index (χ3v) is 6.71. The highest BCUT2D eigenvalue weighted by atomic mass is 35.5. The van der Waals surface area contributed by atoms with Crippen LogP contribution in [-0.2, 0) is 14.8 Å².